The Labute approximate surface area is 109 Å². The Morgan fingerprint density at radius 3 is 2.33 bits per heavy atom. The van der Waals surface area contributed by atoms with E-state index in [1.165, 1.54) is 12.2 Å². The molecule has 1 heterocycles. The summed E-state index contributed by atoms with van der Waals surface area (Å²) in [6.07, 6.45) is 10.1. The molecule has 0 aromatic carbocycles. The van der Waals surface area contributed by atoms with Gasteiger partial charge in [-0.15, -0.1) is 13.2 Å². The van der Waals surface area contributed by atoms with E-state index < -0.39 is 11.9 Å². The fraction of sp³-hybridized carbons (Fsp3) is 0.533. The number of ketones is 1. The number of aliphatic hydroxyl groups is 1. The number of allylic oxidation sites excluding steroid dienone is 2. The summed E-state index contributed by atoms with van der Waals surface area (Å²) in [4.78, 5) is 12.1. The zero-order valence-electron chi connectivity index (χ0n) is 10.8. The Morgan fingerprint density at radius 2 is 1.83 bits per heavy atom. The summed E-state index contributed by atoms with van der Waals surface area (Å²) in [6, 6.07) is 0. The van der Waals surface area contributed by atoms with Gasteiger partial charge in [-0.1, -0.05) is 12.2 Å². The third-order valence-corrected chi connectivity index (χ3v) is 3.19. The lowest BCUT2D eigenvalue weighted by Crippen LogP contribution is -2.46. The molecule has 0 spiro atoms. The van der Waals surface area contributed by atoms with Crippen LogP contribution in [-0.2, 0) is 9.53 Å². The Hall–Kier alpha value is -1.19. The molecular formula is C15H22O3. The molecule has 1 N–H and O–H groups in total. The van der Waals surface area contributed by atoms with Gasteiger partial charge in [0.25, 0.3) is 0 Å². The molecule has 0 radical (unpaired) electrons. The zero-order valence-corrected chi connectivity index (χ0v) is 10.8. The highest BCUT2D eigenvalue weighted by atomic mass is 16.6. The van der Waals surface area contributed by atoms with Crippen LogP contribution in [0.1, 0.15) is 38.5 Å². The van der Waals surface area contributed by atoms with Crippen molar-refractivity contribution in [2.75, 3.05) is 0 Å². The number of hydrogen-bond acceptors (Lipinski definition) is 3. The first-order valence-electron chi connectivity index (χ1n) is 6.45. The monoisotopic (exact) mass is 250 g/mol. The maximum Gasteiger partial charge on any atom is 0.187 e. The second kappa shape index (κ2) is 7.29. The van der Waals surface area contributed by atoms with E-state index in [2.05, 4.69) is 13.2 Å². The minimum Gasteiger partial charge on any atom is -0.365 e. The SMILES string of the molecule is C=CCCCC1(CCCC=C)OC(O)C=CC1=O. The van der Waals surface area contributed by atoms with Gasteiger partial charge >= 0.3 is 0 Å². The summed E-state index contributed by atoms with van der Waals surface area (Å²) in [7, 11) is 0. The summed E-state index contributed by atoms with van der Waals surface area (Å²) >= 11 is 0. The molecule has 0 saturated heterocycles. The molecule has 1 atom stereocenters. The Morgan fingerprint density at radius 1 is 1.28 bits per heavy atom. The van der Waals surface area contributed by atoms with E-state index >= 15 is 0 Å². The molecule has 0 aromatic rings. The molecule has 3 nitrogen and oxygen atoms in total. The van der Waals surface area contributed by atoms with Crippen LogP contribution in [0, 0.1) is 0 Å². The first-order valence-corrected chi connectivity index (χ1v) is 6.45. The summed E-state index contributed by atoms with van der Waals surface area (Å²) in [5, 5.41) is 9.57. The fourth-order valence-electron chi connectivity index (χ4n) is 2.20. The number of carbonyl (C=O) groups is 1. The van der Waals surface area contributed by atoms with Crippen molar-refractivity contribution in [1.29, 1.82) is 0 Å². The number of rotatable bonds is 8. The minimum absolute atomic E-state index is 0.0408. The van der Waals surface area contributed by atoms with Gasteiger partial charge in [0.15, 0.2) is 12.1 Å². The van der Waals surface area contributed by atoms with E-state index in [4.69, 9.17) is 4.74 Å². The van der Waals surface area contributed by atoms with Crippen LogP contribution >= 0.6 is 0 Å². The molecule has 100 valence electrons. The van der Waals surface area contributed by atoms with E-state index in [-0.39, 0.29) is 5.78 Å². The molecule has 0 amide bonds. The Bertz CT molecular complexity index is 317. The molecule has 0 aliphatic carbocycles. The number of aliphatic hydroxyl groups excluding tert-OH is 1. The molecule has 1 aliphatic heterocycles. The van der Waals surface area contributed by atoms with Crippen LogP contribution in [0.25, 0.3) is 0 Å². The highest BCUT2D eigenvalue weighted by Gasteiger charge is 2.40. The van der Waals surface area contributed by atoms with Crippen LogP contribution in [-0.4, -0.2) is 22.8 Å². The molecule has 0 bridgehead atoms. The third kappa shape index (κ3) is 3.93. The highest BCUT2D eigenvalue weighted by molar-refractivity contribution is 5.97. The summed E-state index contributed by atoms with van der Waals surface area (Å²) in [5.41, 5.74) is -0.861. The molecule has 3 heteroatoms. The third-order valence-electron chi connectivity index (χ3n) is 3.19. The lowest BCUT2D eigenvalue weighted by molar-refractivity contribution is -0.183. The van der Waals surface area contributed by atoms with Crippen molar-refractivity contribution < 1.29 is 14.6 Å². The second-order valence-electron chi connectivity index (χ2n) is 4.59. The molecule has 1 rings (SSSR count). The van der Waals surface area contributed by atoms with E-state index in [0.29, 0.717) is 12.8 Å². The predicted octanol–water partition coefficient (Wildman–Crippen LogP) is 2.91. The van der Waals surface area contributed by atoms with Crippen LogP contribution in [0.4, 0.5) is 0 Å². The summed E-state index contributed by atoms with van der Waals surface area (Å²) in [5.74, 6) is -0.0408. The van der Waals surface area contributed by atoms with Gasteiger partial charge in [-0.05, 0) is 50.7 Å². The van der Waals surface area contributed by atoms with Crippen molar-refractivity contribution in [3.63, 3.8) is 0 Å². The zero-order chi connectivity index (χ0) is 13.4. The van der Waals surface area contributed by atoms with Gasteiger partial charge in [0.05, 0.1) is 0 Å². The van der Waals surface area contributed by atoms with Gasteiger partial charge < -0.3 is 9.84 Å². The first-order chi connectivity index (χ1) is 8.64. The van der Waals surface area contributed by atoms with Crippen LogP contribution in [0.5, 0.6) is 0 Å². The van der Waals surface area contributed by atoms with Crippen molar-refractivity contribution in [2.45, 2.75) is 50.4 Å². The van der Waals surface area contributed by atoms with Crippen molar-refractivity contribution in [2.24, 2.45) is 0 Å². The average molecular weight is 250 g/mol. The van der Waals surface area contributed by atoms with Crippen LogP contribution < -0.4 is 0 Å². The fourth-order valence-corrected chi connectivity index (χ4v) is 2.20. The van der Waals surface area contributed by atoms with E-state index in [1.807, 2.05) is 12.2 Å². The van der Waals surface area contributed by atoms with Gasteiger partial charge in [-0.3, -0.25) is 4.79 Å². The summed E-state index contributed by atoms with van der Waals surface area (Å²) in [6.45, 7) is 7.35. The van der Waals surface area contributed by atoms with Gasteiger partial charge in [0.1, 0.15) is 5.60 Å². The van der Waals surface area contributed by atoms with Crippen molar-refractivity contribution in [3.05, 3.63) is 37.5 Å². The highest BCUT2D eigenvalue weighted by Crippen LogP contribution is 2.31. The molecule has 0 saturated carbocycles. The van der Waals surface area contributed by atoms with Crippen molar-refractivity contribution >= 4 is 5.78 Å². The van der Waals surface area contributed by atoms with Gasteiger partial charge in [-0.25, -0.2) is 0 Å². The topological polar surface area (TPSA) is 46.5 Å². The lowest BCUT2D eigenvalue weighted by Gasteiger charge is -2.35. The van der Waals surface area contributed by atoms with Gasteiger partial charge in [0.2, 0.25) is 0 Å². The van der Waals surface area contributed by atoms with Crippen LogP contribution in [0.15, 0.2) is 37.5 Å². The Balaban J connectivity index is 2.71. The number of unbranched alkanes of at least 4 members (excludes halogenated alkanes) is 2. The van der Waals surface area contributed by atoms with Crippen molar-refractivity contribution in [3.8, 4) is 0 Å². The normalized spacial score (nSPS) is 21.8. The largest absolute Gasteiger partial charge is 0.365 e. The number of hydrogen-bond donors (Lipinski definition) is 1. The van der Waals surface area contributed by atoms with E-state index in [1.54, 1.807) is 0 Å². The summed E-state index contributed by atoms with van der Waals surface area (Å²) < 4.78 is 5.53. The smallest absolute Gasteiger partial charge is 0.187 e. The number of ether oxygens (including phenoxy) is 1. The molecular weight excluding hydrogens is 228 g/mol. The second-order valence-corrected chi connectivity index (χ2v) is 4.59. The molecule has 18 heavy (non-hydrogen) atoms. The van der Waals surface area contributed by atoms with Crippen molar-refractivity contribution in [1.82, 2.24) is 0 Å². The van der Waals surface area contributed by atoms with Crippen LogP contribution in [0.3, 0.4) is 0 Å². The molecule has 0 fully saturated rings. The molecule has 1 aliphatic rings. The minimum atomic E-state index is -0.977. The Kier molecular flexibility index (Phi) is 6.02. The van der Waals surface area contributed by atoms with Gasteiger partial charge in [0, 0.05) is 0 Å². The quantitative estimate of drug-likeness (QED) is 0.532. The van der Waals surface area contributed by atoms with Crippen LogP contribution in [0.2, 0.25) is 0 Å². The number of carbonyl (C=O) groups excluding carboxylic acids is 1. The molecule has 0 aromatic heterocycles. The predicted molar refractivity (Wildman–Crippen MR) is 72.1 cm³/mol. The standard InChI is InChI=1S/C15H22O3/c1-3-5-7-11-15(12-8-6-4-2)13(16)9-10-14(17)18-15/h3-4,9-10,14,17H,1-2,5-8,11-12H2. The van der Waals surface area contributed by atoms with Gasteiger partial charge in [-0.2, -0.15) is 0 Å². The van der Waals surface area contributed by atoms with E-state index in [0.717, 1.165) is 25.7 Å². The molecule has 1 unspecified atom stereocenters. The maximum absolute atomic E-state index is 12.1. The van der Waals surface area contributed by atoms with E-state index in [9.17, 15) is 9.90 Å². The average Bonchev–Trinajstić information content (AvgIpc) is 2.35. The first kappa shape index (κ1) is 14.9. The lowest BCUT2D eigenvalue weighted by atomic mass is 9.85. The maximum atomic E-state index is 12.1.